The molecule has 6 rings (SSSR count). The number of esters is 6. The SMILES string of the molecule is CN=NC(C(=O)OC)=C(O)CC(=O)OC.COC(=O)CC(=O)CC(=O)OC.COC(=O)c1nn(C)c(=O)cc1Cl.COC(=O)c1nn(C)c(=O)cc1O.Cc1n[nH]c2cc(=O)n(C)nc12.Cn1nc2c(=O)[nH][nH]c2cc1=O.I. The summed E-state index contributed by atoms with van der Waals surface area (Å²) >= 11 is 5.60. The number of aryl methyl sites for hydroxylation is 5. The summed E-state index contributed by atoms with van der Waals surface area (Å²) in [5.41, 5.74) is 0.599. The molecule has 6 aromatic heterocycles. The first-order valence-electron chi connectivity index (χ1n) is 20.9. The number of aliphatic hydroxyl groups excluding tert-OH is 1. The van der Waals surface area contributed by atoms with Crippen LogP contribution in [0.4, 0.5) is 0 Å². The summed E-state index contributed by atoms with van der Waals surface area (Å²) in [6, 6.07) is 4.82. The molecule has 6 heterocycles. The van der Waals surface area contributed by atoms with Crippen molar-refractivity contribution in [3.8, 4) is 5.75 Å². The minimum Gasteiger partial charge on any atom is -0.509 e. The highest BCUT2D eigenvalue weighted by molar-refractivity contribution is 14.0. The standard InChI is InChI=1S/C8H12N2O5.C7H7ClN2O3.C7H8N4O.C7H8N2O4.C7H10O5.C6H6N4O2.HI/c1-9-10-7(8(13)15-3)5(11)4-6(12)14-2;1-10-5(11)3-4(8)6(9-10)7(12)13-2;1-4-7-5(9-8-4)3-6(12)11(2)10-7;1-9-5(11)3-4(10)6(8-9)7(12)13-2;1-11-6(9)3-5(8)4-7(10)12-2;1-10-4(11)2-3-5(9-10)6(12)8-7-3;/h11H,4H2,1-3H3;3H,1-2H3;3,9H,1-2H3;3,10H,1-2H3;3-4H2,1-2H3;2,7H,1H3,(H,8,12);1H. The number of methoxy groups -OCH3 is 6. The van der Waals surface area contributed by atoms with Crippen molar-refractivity contribution in [1.82, 2.24) is 59.5 Å². The molecule has 0 fully saturated rings. The summed E-state index contributed by atoms with van der Waals surface area (Å²) in [4.78, 5) is 131. The molecule has 0 aliphatic rings. The highest BCUT2D eigenvalue weighted by Gasteiger charge is 2.19. The number of carbonyl (C=O) groups excluding carboxylic acids is 7. The molecule has 0 spiro atoms. The van der Waals surface area contributed by atoms with Gasteiger partial charge < -0.3 is 38.6 Å². The van der Waals surface area contributed by atoms with Crippen LogP contribution in [0, 0.1) is 6.92 Å². The Kier molecular flexibility index (Phi) is 29.6. The van der Waals surface area contributed by atoms with E-state index in [1.807, 2.05) is 6.92 Å². The van der Waals surface area contributed by atoms with Crippen molar-refractivity contribution in [1.29, 1.82) is 0 Å². The minimum atomic E-state index is -0.873. The molecular weight excluding hydrogens is 1180 g/mol. The number of aromatic nitrogens is 12. The maximum atomic E-state index is 11.1. The number of rotatable bonds is 10. The molecule has 5 N–H and O–H groups in total. The third kappa shape index (κ3) is 21.5. The highest BCUT2D eigenvalue weighted by Crippen LogP contribution is 2.13. The van der Waals surface area contributed by atoms with Gasteiger partial charge in [-0.25, -0.2) is 33.1 Å². The number of aromatic amines is 3. The Morgan fingerprint density at radius 1 is 0.603 bits per heavy atom. The van der Waals surface area contributed by atoms with Gasteiger partial charge in [0.05, 0.1) is 64.4 Å². The van der Waals surface area contributed by atoms with E-state index in [4.69, 9.17) is 16.7 Å². The molecule has 36 heteroatoms. The van der Waals surface area contributed by atoms with Crippen LogP contribution in [0.15, 0.2) is 69.9 Å². The number of carbonyl (C=O) groups is 7. The monoisotopic (exact) mass is 1230 g/mol. The zero-order valence-corrected chi connectivity index (χ0v) is 46.5. The summed E-state index contributed by atoms with van der Waals surface area (Å²) in [5.74, 6) is -5.84. The molecule has 424 valence electrons. The van der Waals surface area contributed by atoms with Crippen LogP contribution in [0.25, 0.3) is 22.1 Å². The summed E-state index contributed by atoms with van der Waals surface area (Å²) in [6.07, 6.45) is -1.23. The van der Waals surface area contributed by atoms with Crippen LogP contribution in [0.3, 0.4) is 0 Å². The van der Waals surface area contributed by atoms with E-state index in [0.717, 1.165) is 58.7 Å². The predicted molar refractivity (Wildman–Crippen MR) is 277 cm³/mol. The van der Waals surface area contributed by atoms with Gasteiger partial charge in [-0.3, -0.25) is 58.4 Å². The van der Waals surface area contributed by atoms with E-state index >= 15 is 0 Å². The van der Waals surface area contributed by atoms with Crippen LogP contribution < -0.4 is 27.8 Å². The number of nitrogens with one attached hydrogen (secondary N) is 3. The number of H-pyrrole nitrogens is 3. The van der Waals surface area contributed by atoms with Gasteiger partial charge in [-0.1, -0.05) is 11.6 Å². The lowest BCUT2D eigenvalue weighted by molar-refractivity contribution is -0.147. The number of nitrogens with zero attached hydrogens (tertiary/aromatic N) is 11. The number of hydrogen-bond acceptors (Lipinski definition) is 27. The number of aliphatic hydroxyl groups is 1. The number of ether oxygens (including phenoxy) is 6. The fourth-order valence-corrected chi connectivity index (χ4v) is 5.04. The van der Waals surface area contributed by atoms with Crippen molar-refractivity contribution in [2.75, 3.05) is 49.7 Å². The van der Waals surface area contributed by atoms with Crippen molar-refractivity contribution in [2.45, 2.75) is 26.2 Å². The molecular formula is C42H52ClIN14O20. The number of fused-ring (bicyclic) bond motifs is 2. The van der Waals surface area contributed by atoms with Crippen LogP contribution in [-0.4, -0.2) is 161 Å². The van der Waals surface area contributed by atoms with Crippen LogP contribution >= 0.6 is 35.6 Å². The first kappa shape index (κ1) is 68.7. The fraction of sp³-hybridized carbons (Fsp3) is 0.357. The minimum absolute atomic E-state index is 0. The lowest BCUT2D eigenvalue weighted by Crippen LogP contribution is -2.22. The number of hydrogen-bond donors (Lipinski definition) is 5. The van der Waals surface area contributed by atoms with Crippen molar-refractivity contribution in [2.24, 2.45) is 38.4 Å². The zero-order chi connectivity index (χ0) is 58.9. The van der Waals surface area contributed by atoms with Gasteiger partial charge in [-0.15, -0.1) is 29.1 Å². The van der Waals surface area contributed by atoms with Crippen LogP contribution in [0.1, 0.15) is 45.9 Å². The third-order valence-electron chi connectivity index (χ3n) is 8.80. The Bertz CT molecular complexity index is 3380. The van der Waals surface area contributed by atoms with E-state index in [0.29, 0.717) is 11.0 Å². The smallest absolute Gasteiger partial charge is 0.362 e. The van der Waals surface area contributed by atoms with E-state index < -0.39 is 70.8 Å². The molecule has 0 aliphatic heterocycles. The number of Topliss-reactive ketones (excluding diaryl/α,β-unsaturated/α-hetero) is 1. The third-order valence-corrected chi connectivity index (χ3v) is 9.09. The quantitative estimate of drug-likeness (QED) is 0.0215. The van der Waals surface area contributed by atoms with Crippen molar-refractivity contribution < 1.29 is 72.2 Å². The van der Waals surface area contributed by atoms with E-state index in [2.05, 4.69) is 79.4 Å². The molecule has 6 aromatic rings. The first-order valence-corrected chi connectivity index (χ1v) is 21.3. The second kappa shape index (κ2) is 33.6. The Hall–Kier alpha value is -9.29. The molecule has 78 heavy (non-hydrogen) atoms. The highest BCUT2D eigenvalue weighted by atomic mass is 127. The van der Waals surface area contributed by atoms with Crippen LogP contribution in [0.5, 0.6) is 5.75 Å². The number of halogens is 2. The molecule has 0 aliphatic carbocycles. The maximum Gasteiger partial charge on any atom is 0.362 e. The van der Waals surface area contributed by atoms with Crippen molar-refractivity contribution in [3.63, 3.8) is 0 Å². The number of ketones is 1. The summed E-state index contributed by atoms with van der Waals surface area (Å²) < 4.78 is 30.2. The average Bonchev–Trinajstić information content (AvgIpc) is 3.94. The second-order valence-corrected chi connectivity index (χ2v) is 14.5. The van der Waals surface area contributed by atoms with E-state index in [9.17, 15) is 62.6 Å². The lowest BCUT2D eigenvalue weighted by atomic mass is 10.2. The van der Waals surface area contributed by atoms with Gasteiger partial charge in [-0.05, 0) is 6.92 Å². The van der Waals surface area contributed by atoms with E-state index in [1.165, 1.54) is 66.3 Å². The fourth-order valence-electron chi connectivity index (χ4n) is 4.83. The summed E-state index contributed by atoms with van der Waals surface area (Å²) in [7, 11) is 14.2. The summed E-state index contributed by atoms with van der Waals surface area (Å²) in [6.45, 7) is 1.84. The van der Waals surface area contributed by atoms with Gasteiger partial charge in [0.25, 0.3) is 27.8 Å². The lowest BCUT2D eigenvalue weighted by Gasteiger charge is -2.02. The number of azo groups is 1. The van der Waals surface area contributed by atoms with Gasteiger partial charge in [0.1, 0.15) is 30.5 Å². The molecule has 0 amide bonds. The Balaban J connectivity index is 0.000000911. The predicted octanol–water partition coefficient (Wildman–Crippen LogP) is -0.718. The normalized spacial score (nSPS) is 10.3. The topological polar surface area (TPSA) is 457 Å². The second-order valence-electron chi connectivity index (χ2n) is 14.1. The van der Waals surface area contributed by atoms with Crippen molar-refractivity contribution in [3.05, 3.63) is 110 Å². The Morgan fingerprint density at radius 2 is 1.04 bits per heavy atom. The summed E-state index contributed by atoms with van der Waals surface area (Å²) in [5, 5.41) is 51.7. The molecule has 0 aromatic carbocycles. The maximum absolute atomic E-state index is 11.1. The van der Waals surface area contributed by atoms with Crippen molar-refractivity contribution >= 4 is 99.2 Å². The number of aromatic hydroxyl groups is 1. The first-order chi connectivity index (χ1) is 36.1. The zero-order valence-electron chi connectivity index (χ0n) is 43.4. The molecule has 0 bridgehead atoms. The van der Waals surface area contributed by atoms with Gasteiger partial charge in [0.2, 0.25) is 11.4 Å². The van der Waals surface area contributed by atoms with Gasteiger partial charge in [-0.2, -0.15) is 30.6 Å². The van der Waals surface area contributed by atoms with E-state index in [-0.39, 0.29) is 81.0 Å². The van der Waals surface area contributed by atoms with Crippen LogP contribution in [-0.2, 0) is 80.6 Å². The molecule has 0 atom stereocenters. The molecule has 0 radical (unpaired) electrons. The van der Waals surface area contributed by atoms with Gasteiger partial charge in [0.15, 0.2) is 22.7 Å². The van der Waals surface area contributed by atoms with E-state index in [1.54, 1.807) is 7.05 Å². The molecule has 34 nitrogen and oxygen atoms in total. The molecule has 0 saturated heterocycles. The van der Waals surface area contributed by atoms with Gasteiger partial charge in [0, 0.05) is 59.5 Å². The van der Waals surface area contributed by atoms with Gasteiger partial charge >= 0.3 is 35.8 Å². The average molecular weight is 1240 g/mol. The Morgan fingerprint density at radius 3 is 1.53 bits per heavy atom. The van der Waals surface area contributed by atoms with Crippen LogP contribution in [0.2, 0.25) is 5.02 Å². The Labute approximate surface area is 458 Å². The largest absolute Gasteiger partial charge is 0.509 e. The molecule has 0 unspecified atom stereocenters. The molecule has 0 saturated carbocycles.